The average molecular weight is 464 g/mol. The standard InChI is InChI=1S/C16H13Cl3N4O6/c1-29-13-4-2-10(3-5-13)20-15(16(17,18)19)21-14(24)9-6-11(22(25)26)8-12(7-9)23(27)28/h2-8,15,20H,1H3,(H,21,24)/t15-/m0/s1. The largest absolute Gasteiger partial charge is 0.497 e. The molecule has 1 amide bonds. The van der Waals surface area contributed by atoms with Crippen molar-refractivity contribution in [3.8, 4) is 5.75 Å². The van der Waals surface area contributed by atoms with Crippen molar-refractivity contribution in [2.75, 3.05) is 12.4 Å². The van der Waals surface area contributed by atoms with Crippen LogP contribution >= 0.6 is 34.8 Å². The van der Waals surface area contributed by atoms with Crippen LogP contribution in [0.5, 0.6) is 5.75 Å². The molecule has 0 aliphatic heterocycles. The van der Waals surface area contributed by atoms with E-state index >= 15 is 0 Å². The van der Waals surface area contributed by atoms with Crippen molar-refractivity contribution in [2.45, 2.75) is 9.96 Å². The highest BCUT2D eigenvalue weighted by Crippen LogP contribution is 2.32. The number of alkyl halides is 3. The number of nitrogens with zero attached hydrogens (tertiary/aromatic N) is 2. The molecule has 0 saturated carbocycles. The Labute approximate surface area is 179 Å². The van der Waals surface area contributed by atoms with Gasteiger partial charge in [0.25, 0.3) is 17.3 Å². The van der Waals surface area contributed by atoms with Gasteiger partial charge in [0.15, 0.2) is 0 Å². The summed E-state index contributed by atoms with van der Waals surface area (Å²) >= 11 is 17.7. The first-order chi connectivity index (χ1) is 13.5. The molecule has 10 nitrogen and oxygen atoms in total. The van der Waals surface area contributed by atoms with Crippen molar-refractivity contribution >= 4 is 57.8 Å². The number of rotatable bonds is 7. The number of carbonyl (C=O) groups is 1. The van der Waals surface area contributed by atoms with Crippen LogP contribution in [0.1, 0.15) is 10.4 Å². The van der Waals surface area contributed by atoms with E-state index in [2.05, 4.69) is 10.6 Å². The van der Waals surface area contributed by atoms with Crippen LogP contribution in [0.15, 0.2) is 42.5 Å². The van der Waals surface area contributed by atoms with E-state index in [9.17, 15) is 25.0 Å². The van der Waals surface area contributed by atoms with Gasteiger partial charge in [-0.1, -0.05) is 34.8 Å². The first kappa shape index (κ1) is 22.5. The maximum absolute atomic E-state index is 12.5. The summed E-state index contributed by atoms with van der Waals surface area (Å²) in [7, 11) is 1.49. The fourth-order valence-corrected chi connectivity index (χ4v) is 2.53. The topological polar surface area (TPSA) is 137 Å². The molecule has 0 spiro atoms. The summed E-state index contributed by atoms with van der Waals surface area (Å²) in [6.07, 6.45) is -1.27. The Balaban J connectivity index is 2.30. The molecule has 0 radical (unpaired) electrons. The minimum absolute atomic E-state index is 0.346. The van der Waals surface area contributed by atoms with Crippen LogP contribution in [0.2, 0.25) is 0 Å². The second-order valence-corrected chi connectivity index (χ2v) is 7.94. The number of non-ortho nitro benzene ring substituents is 2. The average Bonchev–Trinajstić information content (AvgIpc) is 2.66. The third-order valence-corrected chi connectivity index (χ3v) is 4.24. The van der Waals surface area contributed by atoms with Crippen molar-refractivity contribution in [3.05, 3.63) is 68.3 Å². The lowest BCUT2D eigenvalue weighted by atomic mass is 10.1. The normalized spacial score (nSPS) is 12.0. The fourth-order valence-electron chi connectivity index (χ4n) is 2.21. The predicted molar refractivity (Wildman–Crippen MR) is 108 cm³/mol. The maximum atomic E-state index is 12.5. The van der Waals surface area contributed by atoms with Crippen LogP contribution in [-0.4, -0.2) is 32.8 Å². The van der Waals surface area contributed by atoms with Gasteiger partial charge >= 0.3 is 0 Å². The van der Waals surface area contributed by atoms with Gasteiger partial charge in [0.1, 0.15) is 11.9 Å². The number of amides is 1. The minimum Gasteiger partial charge on any atom is -0.497 e. The zero-order valence-electron chi connectivity index (χ0n) is 14.6. The van der Waals surface area contributed by atoms with E-state index in [-0.39, 0.29) is 5.56 Å². The Morgan fingerprint density at radius 3 is 1.97 bits per heavy atom. The summed E-state index contributed by atoms with van der Waals surface area (Å²) < 4.78 is 3.01. The SMILES string of the molecule is COc1ccc(N[C@@H](NC(=O)c2cc([N+](=O)[O-])cc([N+](=O)[O-])c2)C(Cl)(Cl)Cl)cc1. The van der Waals surface area contributed by atoms with E-state index < -0.39 is 37.1 Å². The lowest BCUT2D eigenvalue weighted by Crippen LogP contribution is -2.49. The second kappa shape index (κ2) is 9.12. The first-order valence-corrected chi connectivity index (χ1v) is 8.86. The predicted octanol–water partition coefficient (Wildman–Crippen LogP) is 4.05. The molecular formula is C16H13Cl3N4O6. The lowest BCUT2D eigenvalue weighted by Gasteiger charge is -2.27. The van der Waals surface area contributed by atoms with Crippen molar-refractivity contribution in [3.63, 3.8) is 0 Å². The number of hydrogen-bond donors (Lipinski definition) is 2. The van der Waals surface area contributed by atoms with Crippen LogP contribution in [0.25, 0.3) is 0 Å². The quantitative estimate of drug-likeness (QED) is 0.273. The fraction of sp³-hybridized carbons (Fsp3) is 0.188. The maximum Gasteiger partial charge on any atom is 0.277 e. The summed E-state index contributed by atoms with van der Waals surface area (Å²) in [5.74, 6) is -0.344. The number of carbonyl (C=O) groups excluding carboxylic acids is 1. The molecule has 2 rings (SSSR count). The second-order valence-electron chi connectivity index (χ2n) is 5.57. The number of nitro benzene ring substituents is 2. The van der Waals surface area contributed by atoms with Gasteiger partial charge in [-0.3, -0.25) is 25.0 Å². The van der Waals surface area contributed by atoms with Gasteiger partial charge in [-0.05, 0) is 24.3 Å². The van der Waals surface area contributed by atoms with Crippen LogP contribution in [-0.2, 0) is 0 Å². The molecule has 0 aromatic heterocycles. The van der Waals surface area contributed by atoms with E-state index in [1.165, 1.54) is 7.11 Å². The summed E-state index contributed by atoms with van der Waals surface area (Å²) in [5.41, 5.74) is -1.13. The Morgan fingerprint density at radius 2 is 1.55 bits per heavy atom. The number of halogens is 3. The number of nitrogens with one attached hydrogen (secondary N) is 2. The third-order valence-electron chi connectivity index (χ3n) is 3.59. The monoisotopic (exact) mass is 462 g/mol. The zero-order chi connectivity index (χ0) is 21.8. The summed E-state index contributed by atoms with van der Waals surface area (Å²) in [6, 6.07) is 8.96. The number of hydrogen-bond acceptors (Lipinski definition) is 7. The highest BCUT2D eigenvalue weighted by molar-refractivity contribution is 6.68. The first-order valence-electron chi connectivity index (χ1n) is 7.73. The van der Waals surface area contributed by atoms with Crippen molar-refractivity contribution < 1.29 is 19.4 Å². The molecule has 1 atom stereocenters. The van der Waals surface area contributed by atoms with Gasteiger partial charge in [-0.2, -0.15) is 0 Å². The Morgan fingerprint density at radius 1 is 1.03 bits per heavy atom. The van der Waals surface area contributed by atoms with Gasteiger partial charge < -0.3 is 15.4 Å². The van der Waals surface area contributed by atoms with E-state index in [1.807, 2.05) is 0 Å². The Kier molecular flexibility index (Phi) is 7.07. The van der Waals surface area contributed by atoms with Crippen LogP contribution in [0.4, 0.5) is 17.1 Å². The number of benzene rings is 2. The molecular weight excluding hydrogens is 451 g/mol. The molecule has 2 aromatic carbocycles. The molecule has 2 N–H and O–H groups in total. The Bertz CT molecular complexity index is 901. The van der Waals surface area contributed by atoms with Crippen LogP contribution in [0, 0.1) is 20.2 Å². The molecule has 2 aromatic rings. The molecule has 0 saturated heterocycles. The number of methoxy groups -OCH3 is 1. The highest BCUT2D eigenvalue weighted by Gasteiger charge is 2.35. The molecule has 29 heavy (non-hydrogen) atoms. The highest BCUT2D eigenvalue weighted by atomic mass is 35.6. The van der Waals surface area contributed by atoms with Gasteiger partial charge in [0.2, 0.25) is 3.79 Å². The molecule has 154 valence electrons. The zero-order valence-corrected chi connectivity index (χ0v) is 16.9. The number of ether oxygens (including phenoxy) is 1. The summed E-state index contributed by atoms with van der Waals surface area (Å²) in [5, 5.41) is 27.1. The van der Waals surface area contributed by atoms with Crippen LogP contribution < -0.4 is 15.4 Å². The number of nitro groups is 2. The van der Waals surface area contributed by atoms with Gasteiger partial charge in [-0.25, -0.2) is 0 Å². The van der Waals surface area contributed by atoms with E-state index in [0.717, 1.165) is 18.2 Å². The lowest BCUT2D eigenvalue weighted by molar-refractivity contribution is -0.394. The molecule has 0 aliphatic carbocycles. The summed E-state index contributed by atoms with van der Waals surface area (Å²) in [6.45, 7) is 0. The van der Waals surface area contributed by atoms with Crippen LogP contribution in [0.3, 0.4) is 0 Å². The van der Waals surface area contributed by atoms with Gasteiger partial charge in [0, 0.05) is 17.8 Å². The molecule has 0 fully saturated rings. The molecule has 13 heteroatoms. The molecule has 0 bridgehead atoms. The van der Waals surface area contributed by atoms with Gasteiger partial charge in [0.05, 0.1) is 28.6 Å². The smallest absolute Gasteiger partial charge is 0.277 e. The van der Waals surface area contributed by atoms with Crippen molar-refractivity contribution in [1.82, 2.24) is 5.32 Å². The third kappa shape index (κ3) is 6.08. The van der Waals surface area contributed by atoms with E-state index in [1.54, 1.807) is 24.3 Å². The van der Waals surface area contributed by atoms with Crippen molar-refractivity contribution in [2.24, 2.45) is 0 Å². The minimum atomic E-state index is -2.03. The molecule has 0 aliphatic rings. The summed E-state index contributed by atoms with van der Waals surface area (Å²) in [4.78, 5) is 32.8. The van der Waals surface area contributed by atoms with Gasteiger partial charge in [-0.15, -0.1) is 0 Å². The number of anilines is 1. The van der Waals surface area contributed by atoms with Crippen molar-refractivity contribution in [1.29, 1.82) is 0 Å². The van der Waals surface area contributed by atoms with E-state index in [0.29, 0.717) is 11.4 Å². The molecule has 0 unspecified atom stereocenters. The van der Waals surface area contributed by atoms with E-state index in [4.69, 9.17) is 39.5 Å². The molecule has 0 heterocycles. The Hall–Kier alpha value is -2.82.